The van der Waals surface area contributed by atoms with Gasteiger partial charge in [0, 0.05) is 23.7 Å². The van der Waals surface area contributed by atoms with E-state index < -0.39 is 0 Å². The van der Waals surface area contributed by atoms with Crippen LogP contribution < -0.4 is 0 Å². The second-order valence-corrected chi connectivity index (χ2v) is 2.90. The zero-order valence-corrected chi connectivity index (χ0v) is 7.27. The fourth-order valence-electron chi connectivity index (χ4n) is 1.27. The molecule has 0 fully saturated rings. The zero-order valence-electron chi connectivity index (χ0n) is 7.27. The molecule has 2 heterocycles. The van der Waals surface area contributed by atoms with E-state index in [-0.39, 0.29) is 0 Å². The SMILES string of the molecule is CC1=C(C=O)CN2C=CN=CC2=N1. The van der Waals surface area contributed by atoms with Crippen LogP contribution in [-0.2, 0) is 4.79 Å². The van der Waals surface area contributed by atoms with Gasteiger partial charge in [0.15, 0.2) is 5.84 Å². The molecule has 4 heteroatoms. The van der Waals surface area contributed by atoms with E-state index in [1.54, 1.807) is 12.4 Å². The van der Waals surface area contributed by atoms with E-state index in [1.807, 2.05) is 18.0 Å². The standard InChI is InChI=1S/C9H9N3O/c1-7-8(6-13)5-12-3-2-10-4-9(12)11-7/h2-4,6H,5H2,1H3. The lowest BCUT2D eigenvalue weighted by molar-refractivity contribution is -0.105. The quantitative estimate of drug-likeness (QED) is 0.551. The van der Waals surface area contributed by atoms with Gasteiger partial charge >= 0.3 is 0 Å². The van der Waals surface area contributed by atoms with Crippen molar-refractivity contribution in [1.82, 2.24) is 4.90 Å². The van der Waals surface area contributed by atoms with Gasteiger partial charge in [-0.25, -0.2) is 4.99 Å². The normalized spacial score (nSPS) is 20.1. The van der Waals surface area contributed by atoms with Crippen molar-refractivity contribution in [2.45, 2.75) is 6.92 Å². The Kier molecular flexibility index (Phi) is 1.81. The van der Waals surface area contributed by atoms with Crippen molar-refractivity contribution in [1.29, 1.82) is 0 Å². The number of aliphatic imine (C=N–C) groups is 2. The molecule has 0 amide bonds. The van der Waals surface area contributed by atoms with E-state index in [2.05, 4.69) is 9.98 Å². The second-order valence-electron chi connectivity index (χ2n) is 2.90. The Morgan fingerprint density at radius 3 is 3.23 bits per heavy atom. The zero-order chi connectivity index (χ0) is 9.26. The van der Waals surface area contributed by atoms with Crippen LogP contribution in [0.3, 0.4) is 0 Å². The maximum absolute atomic E-state index is 10.6. The van der Waals surface area contributed by atoms with Crippen LogP contribution in [0.15, 0.2) is 33.7 Å². The Bertz CT molecular complexity index is 363. The summed E-state index contributed by atoms with van der Waals surface area (Å²) in [5.41, 5.74) is 1.51. The number of aldehydes is 1. The summed E-state index contributed by atoms with van der Waals surface area (Å²) in [6.07, 6.45) is 6.04. The molecule has 0 atom stereocenters. The van der Waals surface area contributed by atoms with E-state index in [1.165, 1.54) is 0 Å². The van der Waals surface area contributed by atoms with E-state index in [0.717, 1.165) is 23.4 Å². The molecule has 0 saturated heterocycles. The van der Waals surface area contributed by atoms with Crippen molar-refractivity contribution in [2.24, 2.45) is 9.98 Å². The molecular formula is C9H9N3O. The van der Waals surface area contributed by atoms with E-state index in [0.29, 0.717) is 6.54 Å². The Morgan fingerprint density at radius 1 is 1.62 bits per heavy atom. The number of carbonyl (C=O) groups excluding carboxylic acids is 1. The summed E-state index contributed by atoms with van der Waals surface area (Å²) in [6.45, 7) is 2.43. The predicted molar refractivity (Wildman–Crippen MR) is 50.5 cm³/mol. The Balaban J connectivity index is 2.39. The highest BCUT2D eigenvalue weighted by Gasteiger charge is 2.17. The lowest BCUT2D eigenvalue weighted by Crippen LogP contribution is -2.33. The maximum atomic E-state index is 10.6. The van der Waals surface area contributed by atoms with E-state index in [9.17, 15) is 4.79 Å². The molecule has 0 aromatic rings. The van der Waals surface area contributed by atoms with Crippen LogP contribution in [0.5, 0.6) is 0 Å². The molecule has 0 aromatic carbocycles. The van der Waals surface area contributed by atoms with Gasteiger partial charge in [0.25, 0.3) is 0 Å². The number of hydrogen-bond acceptors (Lipinski definition) is 4. The van der Waals surface area contributed by atoms with Gasteiger partial charge in [-0.15, -0.1) is 0 Å². The van der Waals surface area contributed by atoms with Crippen LogP contribution in [-0.4, -0.2) is 29.8 Å². The molecule has 0 N–H and O–H groups in total. The molecular weight excluding hydrogens is 166 g/mol. The van der Waals surface area contributed by atoms with Crippen LogP contribution in [0.1, 0.15) is 6.92 Å². The number of amidine groups is 1. The smallest absolute Gasteiger partial charge is 0.151 e. The van der Waals surface area contributed by atoms with Gasteiger partial charge in [0.05, 0.1) is 12.8 Å². The lowest BCUT2D eigenvalue weighted by Gasteiger charge is -2.25. The number of allylic oxidation sites excluding steroid dienone is 1. The fourth-order valence-corrected chi connectivity index (χ4v) is 1.27. The molecule has 2 rings (SSSR count). The van der Waals surface area contributed by atoms with Gasteiger partial charge < -0.3 is 4.90 Å². The first-order valence-electron chi connectivity index (χ1n) is 4.01. The lowest BCUT2D eigenvalue weighted by atomic mass is 10.2. The predicted octanol–water partition coefficient (Wildman–Crippen LogP) is 0.729. The largest absolute Gasteiger partial charge is 0.326 e. The average molecular weight is 175 g/mol. The molecule has 0 saturated carbocycles. The first kappa shape index (κ1) is 7.91. The molecule has 4 nitrogen and oxygen atoms in total. The minimum absolute atomic E-state index is 0.594. The van der Waals surface area contributed by atoms with Crippen molar-refractivity contribution in [2.75, 3.05) is 6.54 Å². The van der Waals surface area contributed by atoms with Gasteiger partial charge in [0.1, 0.15) is 6.29 Å². The first-order valence-corrected chi connectivity index (χ1v) is 4.01. The van der Waals surface area contributed by atoms with Crippen molar-refractivity contribution in [3.63, 3.8) is 0 Å². The van der Waals surface area contributed by atoms with Gasteiger partial charge in [-0.3, -0.25) is 9.79 Å². The molecule has 13 heavy (non-hydrogen) atoms. The average Bonchev–Trinajstić information content (AvgIpc) is 2.17. The summed E-state index contributed by atoms with van der Waals surface area (Å²) in [5.74, 6) is 0.797. The first-order chi connectivity index (χ1) is 6.31. The molecule has 66 valence electrons. The number of hydrogen-bond donors (Lipinski definition) is 0. The van der Waals surface area contributed by atoms with Crippen molar-refractivity contribution >= 4 is 18.3 Å². The van der Waals surface area contributed by atoms with Crippen molar-refractivity contribution in [3.05, 3.63) is 23.7 Å². The second kappa shape index (κ2) is 2.97. The minimum atomic E-state index is 0.594. The van der Waals surface area contributed by atoms with Crippen LogP contribution in [0, 0.1) is 0 Å². The fraction of sp³-hybridized carbons (Fsp3) is 0.222. The molecule has 0 radical (unpaired) electrons. The summed E-state index contributed by atoms with van der Waals surface area (Å²) >= 11 is 0. The van der Waals surface area contributed by atoms with E-state index >= 15 is 0 Å². The highest BCUT2D eigenvalue weighted by Crippen LogP contribution is 2.14. The number of fused-ring (bicyclic) bond motifs is 1. The highest BCUT2D eigenvalue weighted by atomic mass is 16.1. The third kappa shape index (κ3) is 1.30. The molecule has 0 aromatic heterocycles. The van der Waals surface area contributed by atoms with Crippen LogP contribution >= 0.6 is 0 Å². The van der Waals surface area contributed by atoms with Gasteiger partial charge in [-0.1, -0.05) is 0 Å². The summed E-state index contributed by atoms with van der Waals surface area (Å²) in [5, 5.41) is 0. The third-order valence-corrected chi connectivity index (χ3v) is 2.05. The van der Waals surface area contributed by atoms with Crippen LogP contribution in [0.4, 0.5) is 0 Å². The Morgan fingerprint density at radius 2 is 2.46 bits per heavy atom. The van der Waals surface area contributed by atoms with Crippen molar-refractivity contribution in [3.8, 4) is 0 Å². The van der Waals surface area contributed by atoms with Crippen LogP contribution in [0.2, 0.25) is 0 Å². The number of rotatable bonds is 1. The Hall–Kier alpha value is -1.71. The Labute approximate surface area is 76.0 Å². The third-order valence-electron chi connectivity index (χ3n) is 2.05. The van der Waals surface area contributed by atoms with Gasteiger partial charge in [-0.2, -0.15) is 0 Å². The minimum Gasteiger partial charge on any atom is -0.326 e. The summed E-state index contributed by atoms with van der Waals surface area (Å²) < 4.78 is 0. The molecule has 0 unspecified atom stereocenters. The maximum Gasteiger partial charge on any atom is 0.151 e. The molecule has 2 aliphatic rings. The number of carbonyl (C=O) groups is 1. The highest BCUT2D eigenvalue weighted by molar-refractivity contribution is 6.31. The summed E-state index contributed by atoms with van der Waals surface area (Å²) in [4.78, 5) is 20.7. The summed E-state index contributed by atoms with van der Waals surface area (Å²) in [7, 11) is 0. The monoisotopic (exact) mass is 175 g/mol. The van der Waals surface area contributed by atoms with Crippen LogP contribution in [0.25, 0.3) is 0 Å². The molecule has 0 spiro atoms. The van der Waals surface area contributed by atoms with E-state index in [4.69, 9.17) is 0 Å². The van der Waals surface area contributed by atoms with Gasteiger partial charge in [0.2, 0.25) is 0 Å². The molecule has 0 bridgehead atoms. The summed E-state index contributed by atoms with van der Waals surface area (Å²) in [6, 6.07) is 0. The molecule has 0 aliphatic carbocycles. The molecule has 2 aliphatic heterocycles. The van der Waals surface area contributed by atoms with Crippen molar-refractivity contribution < 1.29 is 4.79 Å². The topological polar surface area (TPSA) is 45.0 Å². The number of nitrogens with zero attached hydrogens (tertiary/aromatic N) is 3. The van der Waals surface area contributed by atoms with Gasteiger partial charge in [-0.05, 0) is 6.92 Å².